The molecule has 0 saturated carbocycles. The summed E-state index contributed by atoms with van der Waals surface area (Å²) < 4.78 is 15.6. The summed E-state index contributed by atoms with van der Waals surface area (Å²) >= 11 is 0. The van der Waals surface area contributed by atoms with Crippen molar-refractivity contribution in [2.24, 2.45) is 0 Å². The minimum Gasteiger partial charge on any atom is -0.310 e. The second-order valence-corrected chi connectivity index (χ2v) is 4.24. The van der Waals surface area contributed by atoms with Gasteiger partial charge in [-0.3, -0.25) is 0 Å². The zero-order chi connectivity index (χ0) is 12.3. The molecule has 0 aliphatic heterocycles. The lowest BCUT2D eigenvalue weighted by Crippen LogP contribution is -2.23. The maximum atomic E-state index is 13.8. The summed E-state index contributed by atoms with van der Waals surface area (Å²) in [6.45, 7) is 4.59. The highest BCUT2D eigenvalue weighted by Gasteiger charge is 2.09. The van der Waals surface area contributed by atoms with Gasteiger partial charge in [0.1, 0.15) is 5.82 Å². The van der Waals surface area contributed by atoms with E-state index in [2.05, 4.69) is 10.3 Å². The van der Waals surface area contributed by atoms with E-state index in [0.717, 1.165) is 5.69 Å². The summed E-state index contributed by atoms with van der Waals surface area (Å²) in [5.74, 6) is -0.190. The van der Waals surface area contributed by atoms with Crippen LogP contribution in [-0.4, -0.2) is 15.6 Å². The van der Waals surface area contributed by atoms with Crippen LogP contribution in [-0.2, 0) is 6.54 Å². The molecule has 0 aliphatic carbocycles. The summed E-state index contributed by atoms with van der Waals surface area (Å²) in [6.07, 6.45) is 5.17. The van der Waals surface area contributed by atoms with Gasteiger partial charge in [0, 0.05) is 30.5 Å². The van der Waals surface area contributed by atoms with Gasteiger partial charge in [0.05, 0.1) is 12.0 Å². The number of rotatable bonds is 4. The first-order valence-electron chi connectivity index (χ1n) is 5.67. The molecule has 0 spiro atoms. The molecule has 0 atom stereocenters. The Labute approximate surface area is 100 Å². The zero-order valence-corrected chi connectivity index (χ0v) is 10.0. The molecule has 2 aromatic rings. The molecule has 17 heavy (non-hydrogen) atoms. The fourth-order valence-corrected chi connectivity index (χ4v) is 1.67. The van der Waals surface area contributed by atoms with Crippen LogP contribution in [0, 0.1) is 5.82 Å². The van der Waals surface area contributed by atoms with Gasteiger partial charge in [0.25, 0.3) is 0 Å². The van der Waals surface area contributed by atoms with Crippen LogP contribution < -0.4 is 5.32 Å². The van der Waals surface area contributed by atoms with Crippen LogP contribution >= 0.6 is 0 Å². The van der Waals surface area contributed by atoms with Crippen molar-refractivity contribution in [2.45, 2.75) is 26.4 Å². The minimum absolute atomic E-state index is 0.190. The van der Waals surface area contributed by atoms with Gasteiger partial charge in [-0.1, -0.05) is 19.9 Å². The van der Waals surface area contributed by atoms with Gasteiger partial charge in [-0.2, -0.15) is 0 Å². The van der Waals surface area contributed by atoms with Crippen LogP contribution in [0.1, 0.15) is 19.4 Å². The molecule has 3 nitrogen and oxygen atoms in total. The third kappa shape index (κ3) is 2.71. The summed E-state index contributed by atoms with van der Waals surface area (Å²) in [5, 5.41) is 3.23. The highest BCUT2D eigenvalue weighted by Crippen LogP contribution is 2.17. The van der Waals surface area contributed by atoms with Crippen molar-refractivity contribution in [2.75, 3.05) is 0 Å². The molecule has 0 fully saturated rings. The van der Waals surface area contributed by atoms with Crippen LogP contribution in [0.15, 0.2) is 36.9 Å². The molecule has 0 radical (unpaired) electrons. The van der Waals surface area contributed by atoms with Crippen LogP contribution in [0.5, 0.6) is 0 Å². The average molecular weight is 233 g/mol. The van der Waals surface area contributed by atoms with Crippen molar-refractivity contribution < 1.29 is 4.39 Å². The third-order valence-electron chi connectivity index (χ3n) is 2.56. The Morgan fingerprint density at radius 1 is 1.41 bits per heavy atom. The van der Waals surface area contributed by atoms with Crippen LogP contribution in [0.25, 0.3) is 5.69 Å². The maximum absolute atomic E-state index is 13.8. The molecule has 2 rings (SSSR count). The van der Waals surface area contributed by atoms with Crippen LogP contribution in [0.3, 0.4) is 0 Å². The van der Waals surface area contributed by atoms with Gasteiger partial charge >= 0.3 is 0 Å². The van der Waals surface area contributed by atoms with Gasteiger partial charge in [-0.25, -0.2) is 9.37 Å². The second kappa shape index (κ2) is 5.10. The van der Waals surface area contributed by atoms with Gasteiger partial charge in [-0.15, -0.1) is 0 Å². The summed E-state index contributed by atoms with van der Waals surface area (Å²) in [6, 6.07) is 5.41. The predicted octanol–water partition coefficient (Wildman–Crippen LogP) is 2.51. The zero-order valence-electron chi connectivity index (χ0n) is 10.0. The molecule has 0 saturated heterocycles. The standard InChI is InChI=1S/C13H16FN3/c1-10(2)16-8-11-12(14)4-3-5-13(11)17-7-6-15-9-17/h3-7,9-10,16H,8H2,1-2H3. The van der Waals surface area contributed by atoms with Gasteiger partial charge < -0.3 is 9.88 Å². The number of nitrogens with zero attached hydrogens (tertiary/aromatic N) is 2. The smallest absolute Gasteiger partial charge is 0.129 e. The fourth-order valence-electron chi connectivity index (χ4n) is 1.67. The Morgan fingerprint density at radius 3 is 2.88 bits per heavy atom. The lowest BCUT2D eigenvalue weighted by molar-refractivity contribution is 0.551. The van der Waals surface area contributed by atoms with Gasteiger partial charge in [-0.05, 0) is 12.1 Å². The lowest BCUT2D eigenvalue weighted by Gasteiger charge is -2.13. The summed E-state index contributed by atoms with van der Waals surface area (Å²) in [4.78, 5) is 3.98. The van der Waals surface area contributed by atoms with E-state index in [-0.39, 0.29) is 5.82 Å². The lowest BCUT2D eigenvalue weighted by atomic mass is 10.1. The van der Waals surface area contributed by atoms with E-state index in [9.17, 15) is 4.39 Å². The van der Waals surface area contributed by atoms with E-state index in [1.165, 1.54) is 6.07 Å². The van der Waals surface area contributed by atoms with Crippen molar-refractivity contribution in [3.63, 3.8) is 0 Å². The second-order valence-electron chi connectivity index (χ2n) is 4.24. The van der Waals surface area contributed by atoms with Crippen molar-refractivity contribution in [1.82, 2.24) is 14.9 Å². The number of hydrogen-bond acceptors (Lipinski definition) is 2. The fraction of sp³-hybridized carbons (Fsp3) is 0.308. The summed E-state index contributed by atoms with van der Waals surface area (Å²) in [5.41, 5.74) is 1.50. The number of aromatic nitrogens is 2. The maximum Gasteiger partial charge on any atom is 0.129 e. The van der Waals surface area contributed by atoms with Crippen LogP contribution in [0.2, 0.25) is 0 Å². The monoisotopic (exact) mass is 233 g/mol. The van der Waals surface area contributed by atoms with E-state index in [0.29, 0.717) is 18.2 Å². The number of imidazole rings is 1. The molecule has 4 heteroatoms. The Hall–Kier alpha value is -1.68. The van der Waals surface area contributed by atoms with Crippen molar-refractivity contribution in [3.8, 4) is 5.69 Å². The molecule has 0 aliphatic rings. The minimum atomic E-state index is -0.190. The van der Waals surface area contributed by atoms with E-state index in [4.69, 9.17) is 0 Å². The quantitative estimate of drug-likeness (QED) is 0.879. The SMILES string of the molecule is CC(C)NCc1c(F)cccc1-n1ccnc1. The first kappa shape index (κ1) is 11.8. The predicted molar refractivity (Wildman–Crippen MR) is 65.5 cm³/mol. The highest BCUT2D eigenvalue weighted by atomic mass is 19.1. The van der Waals surface area contributed by atoms with Crippen molar-refractivity contribution in [3.05, 3.63) is 48.3 Å². The molecule has 90 valence electrons. The molecule has 1 N–H and O–H groups in total. The van der Waals surface area contributed by atoms with Crippen LogP contribution in [0.4, 0.5) is 4.39 Å². The Bertz CT molecular complexity index is 477. The Balaban J connectivity index is 2.35. The number of hydrogen-bond donors (Lipinski definition) is 1. The van der Waals surface area contributed by atoms with E-state index < -0.39 is 0 Å². The van der Waals surface area contributed by atoms with E-state index >= 15 is 0 Å². The Morgan fingerprint density at radius 2 is 2.24 bits per heavy atom. The molecule has 0 unspecified atom stereocenters. The number of halogens is 1. The molecule has 0 amide bonds. The topological polar surface area (TPSA) is 29.9 Å². The molecule has 1 heterocycles. The number of nitrogens with one attached hydrogen (secondary N) is 1. The Kier molecular flexibility index (Phi) is 3.54. The molecule has 1 aromatic carbocycles. The first-order chi connectivity index (χ1) is 8.18. The van der Waals surface area contributed by atoms with Crippen molar-refractivity contribution >= 4 is 0 Å². The van der Waals surface area contributed by atoms with E-state index in [1.807, 2.05) is 30.7 Å². The van der Waals surface area contributed by atoms with E-state index in [1.54, 1.807) is 18.6 Å². The third-order valence-corrected chi connectivity index (χ3v) is 2.56. The van der Waals surface area contributed by atoms with Crippen molar-refractivity contribution in [1.29, 1.82) is 0 Å². The highest BCUT2D eigenvalue weighted by molar-refractivity contribution is 5.41. The normalized spacial score (nSPS) is 11.1. The summed E-state index contributed by atoms with van der Waals surface area (Å²) in [7, 11) is 0. The van der Waals surface area contributed by atoms with Gasteiger partial charge in [0.15, 0.2) is 0 Å². The first-order valence-corrected chi connectivity index (χ1v) is 5.67. The average Bonchev–Trinajstić information content (AvgIpc) is 2.80. The molecule has 0 bridgehead atoms. The molecule has 1 aromatic heterocycles. The van der Waals surface area contributed by atoms with Gasteiger partial charge in [0.2, 0.25) is 0 Å². The molecular weight excluding hydrogens is 217 g/mol. The number of benzene rings is 1. The molecular formula is C13H16FN3. The largest absolute Gasteiger partial charge is 0.310 e.